The summed E-state index contributed by atoms with van der Waals surface area (Å²) in [7, 11) is 1.66. The topological polar surface area (TPSA) is 65.5 Å². The van der Waals surface area contributed by atoms with Crippen LogP contribution < -0.4 is 10.4 Å². The molecular weight excluding hydrogens is 486 g/mol. The second-order valence-corrected chi connectivity index (χ2v) is 9.53. The van der Waals surface area contributed by atoms with Gasteiger partial charge in [0.25, 0.3) is 0 Å². The van der Waals surface area contributed by atoms with Gasteiger partial charge in [0.1, 0.15) is 22.4 Å². The minimum atomic E-state index is -0.342. The molecule has 5 nitrogen and oxygen atoms in total. The standard InChI is InChI=1S/C34H23NO4/c1-20-26-18-23(14-17-30(26)39-34(36)31(20)22-8-4-3-5-9-22)28-19-27(21-12-15-24(37-2)16-13-21)33-32(35-28)25-10-6-7-11-29(25)38-33/h3-19H,1-2H3. The molecule has 39 heavy (non-hydrogen) atoms. The van der Waals surface area contributed by atoms with Crippen LogP contribution in [0.4, 0.5) is 0 Å². The second-order valence-electron chi connectivity index (χ2n) is 9.53. The van der Waals surface area contributed by atoms with Gasteiger partial charge in [-0.15, -0.1) is 0 Å². The number of pyridine rings is 1. The average molecular weight is 510 g/mol. The molecule has 3 heterocycles. The highest BCUT2D eigenvalue weighted by atomic mass is 16.5. The molecule has 0 spiro atoms. The molecule has 5 heteroatoms. The van der Waals surface area contributed by atoms with E-state index in [1.807, 2.05) is 104 Å². The van der Waals surface area contributed by atoms with Crippen LogP contribution in [0.1, 0.15) is 5.56 Å². The molecule has 0 amide bonds. The van der Waals surface area contributed by atoms with Gasteiger partial charge in [-0.3, -0.25) is 0 Å². The number of methoxy groups -OCH3 is 1. The molecule has 0 fully saturated rings. The Balaban J connectivity index is 1.48. The van der Waals surface area contributed by atoms with E-state index in [-0.39, 0.29) is 5.63 Å². The monoisotopic (exact) mass is 509 g/mol. The molecule has 0 aliphatic carbocycles. The molecule has 0 saturated heterocycles. The molecule has 3 aromatic heterocycles. The van der Waals surface area contributed by atoms with Crippen molar-refractivity contribution in [1.82, 2.24) is 4.98 Å². The van der Waals surface area contributed by atoms with E-state index in [1.165, 1.54) is 0 Å². The lowest BCUT2D eigenvalue weighted by atomic mass is 9.97. The number of aryl methyl sites for hydroxylation is 1. The van der Waals surface area contributed by atoms with Gasteiger partial charge in [-0.05, 0) is 72.1 Å². The van der Waals surface area contributed by atoms with Crippen LogP contribution in [0.15, 0.2) is 117 Å². The van der Waals surface area contributed by atoms with Gasteiger partial charge in [0.05, 0.1) is 18.4 Å². The zero-order valence-electron chi connectivity index (χ0n) is 21.4. The quantitative estimate of drug-likeness (QED) is 0.223. The van der Waals surface area contributed by atoms with Gasteiger partial charge >= 0.3 is 5.63 Å². The summed E-state index contributed by atoms with van der Waals surface area (Å²) >= 11 is 0. The van der Waals surface area contributed by atoms with Crippen molar-refractivity contribution < 1.29 is 13.6 Å². The third-order valence-electron chi connectivity index (χ3n) is 7.25. The Morgan fingerprint density at radius 1 is 0.692 bits per heavy atom. The normalized spacial score (nSPS) is 11.4. The fraction of sp³-hybridized carbons (Fsp3) is 0.0588. The summed E-state index contributed by atoms with van der Waals surface area (Å²) in [5.74, 6) is 0.787. The predicted octanol–water partition coefficient (Wildman–Crippen LogP) is 8.41. The SMILES string of the molecule is COc1ccc(-c2cc(-c3ccc4oc(=O)c(-c5ccccc5)c(C)c4c3)nc3c2oc2ccccc23)cc1. The molecule has 7 aromatic rings. The average Bonchev–Trinajstić information content (AvgIpc) is 3.36. The fourth-order valence-electron chi connectivity index (χ4n) is 5.26. The first-order valence-electron chi connectivity index (χ1n) is 12.7. The summed E-state index contributed by atoms with van der Waals surface area (Å²) in [5, 5.41) is 1.83. The van der Waals surface area contributed by atoms with Gasteiger partial charge < -0.3 is 13.6 Å². The summed E-state index contributed by atoms with van der Waals surface area (Å²) in [6.07, 6.45) is 0. The highest BCUT2D eigenvalue weighted by Crippen LogP contribution is 2.39. The Hall–Kier alpha value is -5.16. The number of furan rings is 1. The Morgan fingerprint density at radius 2 is 1.41 bits per heavy atom. The van der Waals surface area contributed by atoms with Crippen LogP contribution in [0, 0.1) is 6.92 Å². The summed E-state index contributed by atoms with van der Waals surface area (Å²) in [6.45, 7) is 1.97. The number of nitrogens with zero attached hydrogens (tertiary/aromatic N) is 1. The molecule has 0 radical (unpaired) electrons. The molecule has 188 valence electrons. The van der Waals surface area contributed by atoms with Gasteiger partial charge in [0.2, 0.25) is 0 Å². The maximum Gasteiger partial charge on any atom is 0.344 e. The van der Waals surface area contributed by atoms with Crippen molar-refractivity contribution >= 4 is 33.0 Å². The molecule has 0 atom stereocenters. The number of fused-ring (bicyclic) bond motifs is 4. The summed E-state index contributed by atoms with van der Waals surface area (Å²) in [6, 6.07) is 33.4. The van der Waals surface area contributed by atoms with E-state index >= 15 is 0 Å². The first kappa shape index (κ1) is 23.0. The Bertz CT molecular complexity index is 2070. The van der Waals surface area contributed by atoms with Crippen LogP contribution in [0.5, 0.6) is 5.75 Å². The molecule has 0 aliphatic heterocycles. The first-order chi connectivity index (χ1) is 19.1. The lowest BCUT2D eigenvalue weighted by Gasteiger charge is -2.11. The fourth-order valence-corrected chi connectivity index (χ4v) is 5.26. The van der Waals surface area contributed by atoms with E-state index in [1.54, 1.807) is 7.11 Å². The predicted molar refractivity (Wildman–Crippen MR) is 155 cm³/mol. The molecule has 0 N–H and O–H groups in total. The first-order valence-corrected chi connectivity index (χ1v) is 12.7. The number of ether oxygens (including phenoxy) is 1. The maximum atomic E-state index is 12.9. The molecule has 0 aliphatic rings. The van der Waals surface area contributed by atoms with Crippen LogP contribution in [-0.2, 0) is 0 Å². The van der Waals surface area contributed by atoms with E-state index in [4.69, 9.17) is 18.6 Å². The molecular formula is C34H23NO4. The highest BCUT2D eigenvalue weighted by Gasteiger charge is 2.18. The molecule has 4 aromatic carbocycles. The summed E-state index contributed by atoms with van der Waals surface area (Å²) in [4.78, 5) is 18.0. The third-order valence-corrected chi connectivity index (χ3v) is 7.25. The van der Waals surface area contributed by atoms with E-state index in [2.05, 4.69) is 6.07 Å². The number of hydrogen-bond donors (Lipinski definition) is 0. The van der Waals surface area contributed by atoms with Gasteiger partial charge in [-0.1, -0.05) is 54.6 Å². The lowest BCUT2D eigenvalue weighted by molar-refractivity contribution is 0.415. The number of hydrogen-bond acceptors (Lipinski definition) is 5. The Kier molecular flexibility index (Phi) is 5.30. The number of benzene rings is 4. The smallest absolute Gasteiger partial charge is 0.344 e. The third kappa shape index (κ3) is 3.79. The van der Waals surface area contributed by atoms with Crippen LogP contribution >= 0.6 is 0 Å². The zero-order chi connectivity index (χ0) is 26.5. The molecule has 0 unspecified atom stereocenters. The summed E-state index contributed by atoms with van der Waals surface area (Å²) < 4.78 is 17.4. The number of para-hydroxylation sites is 1. The van der Waals surface area contributed by atoms with Gasteiger partial charge in [0, 0.05) is 21.9 Å². The number of rotatable bonds is 4. The van der Waals surface area contributed by atoms with E-state index < -0.39 is 0 Å². The van der Waals surface area contributed by atoms with Crippen molar-refractivity contribution in [3.63, 3.8) is 0 Å². The van der Waals surface area contributed by atoms with Crippen molar-refractivity contribution in [1.29, 1.82) is 0 Å². The van der Waals surface area contributed by atoms with E-state index in [9.17, 15) is 4.79 Å². The minimum Gasteiger partial charge on any atom is -0.497 e. The van der Waals surface area contributed by atoms with E-state index in [0.717, 1.165) is 66.7 Å². The van der Waals surface area contributed by atoms with Crippen molar-refractivity contribution in [2.45, 2.75) is 6.92 Å². The molecule has 0 bridgehead atoms. The van der Waals surface area contributed by atoms with Crippen molar-refractivity contribution in [3.05, 3.63) is 119 Å². The molecule has 7 rings (SSSR count). The Morgan fingerprint density at radius 3 is 2.21 bits per heavy atom. The lowest BCUT2D eigenvalue weighted by Crippen LogP contribution is -2.06. The van der Waals surface area contributed by atoms with Crippen LogP contribution in [-0.4, -0.2) is 12.1 Å². The highest BCUT2D eigenvalue weighted by molar-refractivity contribution is 6.08. The van der Waals surface area contributed by atoms with Crippen LogP contribution in [0.3, 0.4) is 0 Å². The van der Waals surface area contributed by atoms with Gasteiger partial charge in [-0.2, -0.15) is 0 Å². The largest absolute Gasteiger partial charge is 0.497 e. The summed E-state index contributed by atoms with van der Waals surface area (Å²) in [5.41, 5.74) is 8.47. The number of aromatic nitrogens is 1. The molecule has 0 saturated carbocycles. The maximum absolute atomic E-state index is 12.9. The van der Waals surface area contributed by atoms with Crippen molar-refractivity contribution in [2.24, 2.45) is 0 Å². The Labute approximate surface area is 223 Å². The second kappa shape index (κ2) is 8.99. The van der Waals surface area contributed by atoms with Crippen LogP contribution in [0.2, 0.25) is 0 Å². The zero-order valence-corrected chi connectivity index (χ0v) is 21.4. The van der Waals surface area contributed by atoms with Crippen molar-refractivity contribution in [2.75, 3.05) is 7.11 Å². The van der Waals surface area contributed by atoms with E-state index in [0.29, 0.717) is 11.1 Å². The van der Waals surface area contributed by atoms with Crippen molar-refractivity contribution in [3.8, 4) is 39.3 Å². The van der Waals surface area contributed by atoms with Gasteiger partial charge in [0.15, 0.2) is 5.58 Å². The minimum absolute atomic E-state index is 0.342. The van der Waals surface area contributed by atoms with Crippen LogP contribution in [0.25, 0.3) is 66.5 Å². The van der Waals surface area contributed by atoms with Gasteiger partial charge in [-0.25, -0.2) is 9.78 Å².